The van der Waals surface area contributed by atoms with Gasteiger partial charge in [-0.15, -0.1) is 0 Å². The molecule has 2 heterocycles. The molecule has 1 aromatic heterocycles. The average molecular weight is 377 g/mol. The maximum Gasteiger partial charge on any atom is 0.269 e. The molecule has 1 amide bonds. The van der Waals surface area contributed by atoms with E-state index in [2.05, 4.69) is 27.6 Å². The number of hydrogen-bond donors (Lipinski definition) is 3. The van der Waals surface area contributed by atoms with Crippen LogP contribution in [0.25, 0.3) is 11.3 Å². The largest absolute Gasteiger partial charge is 0.507 e. The highest BCUT2D eigenvalue weighted by atomic mass is 16.5. The van der Waals surface area contributed by atoms with Gasteiger partial charge in [-0.25, -0.2) is 0 Å². The van der Waals surface area contributed by atoms with Crippen LogP contribution in [0.5, 0.6) is 5.75 Å². The normalized spacial score (nSPS) is 15.9. The molecule has 1 aliphatic rings. The van der Waals surface area contributed by atoms with E-state index in [4.69, 9.17) is 4.74 Å². The van der Waals surface area contributed by atoms with Gasteiger partial charge in [-0.2, -0.15) is 5.10 Å². The molecule has 0 radical (unpaired) electrons. The minimum absolute atomic E-state index is 0.129. The molecule has 0 aliphatic carbocycles. The van der Waals surface area contributed by atoms with Gasteiger partial charge in [0.2, 0.25) is 0 Å². The molecule has 4 rings (SSSR count). The Bertz CT molecular complexity index is 946. The smallest absolute Gasteiger partial charge is 0.269 e. The zero-order valence-electron chi connectivity index (χ0n) is 15.5. The van der Waals surface area contributed by atoms with Gasteiger partial charge in [-0.3, -0.25) is 9.89 Å². The summed E-state index contributed by atoms with van der Waals surface area (Å²) in [5.41, 5.74) is 2.58. The minimum atomic E-state index is -0.212. The Balaban J connectivity index is 1.50. The Hall–Kier alpha value is -3.12. The molecule has 0 unspecified atom stereocenters. The number of H-pyrrole nitrogens is 1. The predicted molar refractivity (Wildman–Crippen MR) is 106 cm³/mol. The fourth-order valence-corrected chi connectivity index (χ4v) is 3.73. The van der Waals surface area contributed by atoms with E-state index in [0.717, 1.165) is 12.8 Å². The molecule has 3 aromatic rings. The van der Waals surface area contributed by atoms with Crippen molar-refractivity contribution in [3.8, 4) is 17.0 Å². The molecule has 2 aromatic carbocycles. The zero-order valence-corrected chi connectivity index (χ0v) is 15.5. The fraction of sp³-hybridized carbons (Fsp3) is 0.273. The number of carbonyl (C=O) groups excluding carboxylic acids is 1. The number of aromatic nitrogens is 2. The molecule has 0 atom stereocenters. The Kier molecular flexibility index (Phi) is 5.12. The number of nitrogens with zero attached hydrogens (tertiary/aromatic N) is 1. The van der Waals surface area contributed by atoms with E-state index in [1.54, 1.807) is 24.3 Å². The standard InChI is InChI=1S/C22H23N3O3/c26-20-9-5-4-8-17(20)18-14-19(25-24-18)21(27)23-15-22(10-12-28-13-11-22)16-6-2-1-3-7-16/h1-9,14,26H,10-13,15H2,(H,23,27)(H,24,25). The number of para-hydroxylation sites is 1. The highest BCUT2D eigenvalue weighted by molar-refractivity contribution is 5.93. The number of rotatable bonds is 5. The van der Waals surface area contributed by atoms with Gasteiger partial charge in [0, 0.05) is 30.7 Å². The zero-order chi connectivity index (χ0) is 19.4. The van der Waals surface area contributed by atoms with Crippen molar-refractivity contribution >= 4 is 5.91 Å². The summed E-state index contributed by atoms with van der Waals surface area (Å²) in [7, 11) is 0. The molecule has 0 spiro atoms. The first-order valence-corrected chi connectivity index (χ1v) is 9.43. The highest BCUT2D eigenvalue weighted by Crippen LogP contribution is 2.34. The molecule has 6 heteroatoms. The maximum absolute atomic E-state index is 12.7. The molecule has 1 fully saturated rings. The van der Waals surface area contributed by atoms with Gasteiger partial charge in [0.05, 0.1) is 5.69 Å². The molecule has 28 heavy (non-hydrogen) atoms. The van der Waals surface area contributed by atoms with E-state index < -0.39 is 0 Å². The molecule has 0 saturated carbocycles. The van der Waals surface area contributed by atoms with Crippen LogP contribution in [0.1, 0.15) is 28.9 Å². The number of nitrogens with one attached hydrogen (secondary N) is 2. The number of carbonyl (C=O) groups is 1. The molecule has 1 aliphatic heterocycles. The summed E-state index contributed by atoms with van der Waals surface area (Å²) in [5, 5.41) is 20.0. The summed E-state index contributed by atoms with van der Waals surface area (Å²) in [6.07, 6.45) is 1.73. The topological polar surface area (TPSA) is 87.2 Å². The minimum Gasteiger partial charge on any atom is -0.507 e. The molecule has 3 N–H and O–H groups in total. The van der Waals surface area contributed by atoms with Gasteiger partial charge >= 0.3 is 0 Å². The van der Waals surface area contributed by atoms with Crippen LogP contribution < -0.4 is 5.32 Å². The Morgan fingerprint density at radius 2 is 1.82 bits per heavy atom. The summed E-state index contributed by atoms with van der Waals surface area (Å²) in [5.74, 6) is -0.0813. The van der Waals surface area contributed by atoms with Crippen LogP contribution in [0.2, 0.25) is 0 Å². The van der Waals surface area contributed by atoms with Crippen molar-refractivity contribution in [2.75, 3.05) is 19.8 Å². The van der Waals surface area contributed by atoms with Gasteiger partial charge in [0.15, 0.2) is 0 Å². The first kappa shape index (κ1) is 18.3. The Labute approximate surface area is 163 Å². The van der Waals surface area contributed by atoms with E-state index in [-0.39, 0.29) is 17.1 Å². The number of phenols is 1. The summed E-state index contributed by atoms with van der Waals surface area (Å²) in [4.78, 5) is 12.7. The van der Waals surface area contributed by atoms with Gasteiger partial charge < -0.3 is 15.2 Å². The van der Waals surface area contributed by atoms with Gasteiger partial charge in [-0.05, 0) is 36.6 Å². The molecule has 0 bridgehead atoms. The summed E-state index contributed by atoms with van der Waals surface area (Å²) in [6, 6.07) is 18.9. The molecule has 144 valence electrons. The molecular formula is C22H23N3O3. The van der Waals surface area contributed by atoms with Crippen LogP contribution in [0.3, 0.4) is 0 Å². The number of benzene rings is 2. The third-order valence-electron chi connectivity index (χ3n) is 5.43. The molecular weight excluding hydrogens is 354 g/mol. The van der Waals surface area contributed by atoms with Crippen molar-refractivity contribution < 1.29 is 14.6 Å². The van der Waals surface area contributed by atoms with Crippen LogP contribution in [-0.2, 0) is 10.2 Å². The predicted octanol–water partition coefficient (Wildman–Crippen LogP) is 3.26. The first-order valence-electron chi connectivity index (χ1n) is 9.43. The van der Waals surface area contributed by atoms with Gasteiger partial charge in [0.25, 0.3) is 5.91 Å². The van der Waals surface area contributed by atoms with Crippen molar-refractivity contribution in [1.29, 1.82) is 0 Å². The van der Waals surface area contributed by atoms with Crippen LogP contribution >= 0.6 is 0 Å². The lowest BCUT2D eigenvalue weighted by Gasteiger charge is -2.37. The van der Waals surface area contributed by atoms with Crippen molar-refractivity contribution in [2.24, 2.45) is 0 Å². The van der Waals surface area contributed by atoms with Gasteiger partial charge in [-0.1, -0.05) is 42.5 Å². The van der Waals surface area contributed by atoms with E-state index in [1.165, 1.54) is 5.56 Å². The van der Waals surface area contributed by atoms with Crippen molar-refractivity contribution in [1.82, 2.24) is 15.5 Å². The second-order valence-electron chi connectivity index (χ2n) is 7.13. The van der Waals surface area contributed by atoms with Crippen LogP contribution in [0, 0.1) is 0 Å². The van der Waals surface area contributed by atoms with Crippen molar-refractivity contribution in [3.63, 3.8) is 0 Å². The first-order chi connectivity index (χ1) is 13.7. The van der Waals surface area contributed by atoms with E-state index in [0.29, 0.717) is 36.7 Å². The lowest BCUT2D eigenvalue weighted by Crippen LogP contribution is -2.44. The number of hydrogen-bond acceptors (Lipinski definition) is 4. The summed E-state index contributed by atoms with van der Waals surface area (Å²) >= 11 is 0. The maximum atomic E-state index is 12.7. The monoisotopic (exact) mass is 377 g/mol. The molecule has 6 nitrogen and oxygen atoms in total. The number of aromatic hydroxyl groups is 1. The summed E-state index contributed by atoms with van der Waals surface area (Å²) < 4.78 is 5.55. The lowest BCUT2D eigenvalue weighted by molar-refractivity contribution is 0.0486. The van der Waals surface area contributed by atoms with Crippen LogP contribution in [0.15, 0.2) is 60.7 Å². The van der Waals surface area contributed by atoms with E-state index in [9.17, 15) is 9.90 Å². The van der Waals surface area contributed by atoms with Crippen LogP contribution in [0.4, 0.5) is 0 Å². The average Bonchev–Trinajstić information content (AvgIpc) is 3.24. The number of amides is 1. The third kappa shape index (κ3) is 3.64. The second-order valence-corrected chi connectivity index (χ2v) is 7.13. The van der Waals surface area contributed by atoms with Crippen molar-refractivity contribution in [2.45, 2.75) is 18.3 Å². The Morgan fingerprint density at radius 3 is 2.57 bits per heavy atom. The van der Waals surface area contributed by atoms with Crippen molar-refractivity contribution in [3.05, 3.63) is 71.9 Å². The number of ether oxygens (including phenoxy) is 1. The second kappa shape index (κ2) is 7.86. The number of aromatic amines is 1. The van der Waals surface area contributed by atoms with E-state index >= 15 is 0 Å². The fourth-order valence-electron chi connectivity index (χ4n) is 3.73. The summed E-state index contributed by atoms with van der Waals surface area (Å²) in [6.45, 7) is 1.91. The number of phenolic OH excluding ortho intramolecular Hbond substituents is 1. The molecule has 1 saturated heterocycles. The third-order valence-corrected chi connectivity index (χ3v) is 5.43. The van der Waals surface area contributed by atoms with E-state index in [1.807, 2.05) is 24.3 Å². The van der Waals surface area contributed by atoms with Crippen LogP contribution in [-0.4, -0.2) is 41.0 Å². The van der Waals surface area contributed by atoms with Gasteiger partial charge in [0.1, 0.15) is 11.4 Å². The SMILES string of the molecule is O=C(NCC1(c2ccccc2)CCOCC1)c1cc(-c2ccccc2O)n[nH]1. The highest BCUT2D eigenvalue weighted by Gasteiger charge is 2.34. The lowest BCUT2D eigenvalue weighted by atomic mass is 9.74. The quantitative estimate of drug-likeness (QED) is 0.637. The Morgan fingerprint density at radius 1 is 1.11 bits per heavy atom.